The minimum atomic E-state index is -1.23. The first-order valence-corrected chi connectivity index (χ1v) is 3.47. The van der Waals surface area contributed by atoms with Gasteiger partial charge in [-0.25, -0.2) is 4.79 Å². The second kappa shape index (κ2) is 5.29. The van der Waals surface area contributed by atoms with Crippen molar-refractivity contribution >= 4 is 18.0 Å². The van der Waals surface area contributed by atoms with Gasteiger partial charge in [0.1, 0.15) is 13.4 Å². The van der Waals surface area contributed by atoms with Crippen molar-refractivity contribution in [1.29, 1.82) is 0 Å². The molecule has 0 fully saturated rings. The first-order chi connectivity index (χ1) is 5.67. The number of carboxylic acids is 1. The van der Waals surface area contributed by atoms with E-state index in [2.05, 4.69) is 9.99 Å². The van der Waals surface area contributed by atoms with Crippen LogP contribution < -0.4 is 0 Å². The fraction of sp³-hybridized carbons (Fsp3) is 0.571. The van der Waals surface area contributed by atoms with E-state index in [1.165, 1.54) is 7.11 Å². The van der Waals surface area contributed by atoms with Crippen LogP contribution in [0.25, 0.3) is 0 Å². The number of nitrogens with zero attached hydrogens (tertiary/aromatic N) is 1. The number of carbonyl (C=O) groups is 2. The van der Waals surface area contributed by atoms with Crippen LogP contribution in [0.4, 0.5) is 0 Å². The van der Waals surface area contributed by atoms with Crippen LogP contribution in [0.2, 0.25) is 0 Å². The van der Waals surface area contributed by atoms with Gasteiger partial charge in [-0.1, -0.05) is 12.1 Å². The molecule has 0 spiro atoms. The van der Waals surface area contributed by atoms with Gasteiger partial charge >= 0.3 is 5.97 Å². The Morgan fingerprint density at radius 1 is 1.75 bits per heavy atom. The SMILES string of the molecule is CCC(C=O)C(=NOC)C(=O)O. The van der Waals surface area contributed by atoms with Crippen molar-refractivity contribution < 1.29 is 19.5 Å². The molecule has 0 saturated carbocycles. The molecule has 0 rings (SSSR count). The lowest BCUT2D eigenvalue weighted by molar-refractivity contribution is -0.130. The summed E-state index contributed by atoms with van der Waals surface area (Å²) in [6.07, 6.45) is 0.948. The van der Waals surface area contributed by atoms with Crippen molar-refractivity contribution in [2.24, 2.45) is 11.1 Å². The number of hydrogen-bond donors (Lipinski definition) is 1. The molecule has 0 radical (unpaired) electrons. The standard InChI is InChI=1S/C7H11NO4/c1-3-5(4-9)6(7(10)11)8-12-2/h4-5H,3H2,1-2H3,(H,10,11). The average molecular weight is 173 g/mol. The summed E-state index contributed by atoms with van der Waals surface area (Å²) < 4.78 is 0. The molecule has 1 N–H and O–H groups in total. The van der Waals surface area contributed by atoms with Gasteiger partial charge < -0.3 is 14.7 Å². The van der Waals surface area contributed by atoms with Gasteiger partial charge in [0.25, 0.3) is 0 Å². The molecule has 68 valence electrons. The van der Waals surface area contributed by atoms with E-state index in [0.717, 1.165) is 0 Å². The number of aldehydes is 1. The Balaban J connectivity index is 4.59. The van der Waals surface area contributed by atoms with Crippen LogP contribution in [0.5, 0.6) is 0 Å². The summed E-state index contributed by atoms with van der Waals surface area (Å²) in [5, 5.41) is 11.8. The maximum atomic E-state index is 10.5. The number of aliphatic carboxylic acids is 1. The molecule has 1 atom stereocenters. The molecule has 0 aliphatic heterocycles. The lowest BCUT2D eigenvalue weighted by Gasteiger charge is -2.04. The molecule has 0 aromatic carbocycles. The topological polar surface area (TPSA) is 76.0 Å². The predicted molar refractivity (Wildman–Crippen MR) is 41.9 cm³/mol. The van der Waals surface area contributed by atoms with Crippen molar-refractivity contribution in [3.63, 3.8) is 0 Å². The lowest BCUT2D eigenvalue weighted by Crippen LogP contribution is -2.24. The zero-order chi connectivity index (χ0) is 9.56. The van der Waals surface area contributed by atoms with Crippen LogP contribution in [-0.2, 0) is 14.4 Å². The summed E-state index contributed by atoms with van der Waals surface area (Å²) in [5.74, 6) is -1.92. The molecular formula is C7H11NO4. The third-order valence-electron chi connectivity index (χ3n) is 1.36. The van der Waals surface area contributed by atoms with E-state index < -0.39 is 11.9 Å². The first kappa shape index (κ1) is 10.6. The molecule has 1 unspecified atom stereocenters. The van der Waals surface area contributed by atoms with Crippen molar-refractivity contribution in [2.45, 2.75) is 13.3 Å². The zero-order valence-corrected chi connectivity index (χ0v) is 6.98. The Bertz CT molecular complexity index is 200. The van der Waals surface area contributed by atoms with Gasteiger partial charge in [0.2, 0.25) is 0 Å². The molecule has 12 heavy (non-hydrogen) atoms. The molecule has 0 aliphatic carbocycles. The van der Waals surface area contributed by atoms with Crippen molar-refractivity contribution in [3.8, 4) is 0 Å². The Hall–Kier alpha value is -1.39. The summed E-state index contributed by atoms with van der Waals surface area (Å²) in [7, 11) is 1.24. The number of oxime groups is 1. The van der Waals surface area contributed by atoms with Gasteiger partial charge in [-0.2, -0.15) is 0 Å². The van der Waals surface area contributed by atoms with E-state index in [4.69, 9.17) is 5.11 Å². The Morgan fingerprint density at radius 3 is 2.58 bits per heavy atom. The van der Waals surface area contributed by atoms with E-state index >= 15 is 0 Å². The number of rotatable bonds is 5. The minimum Gasteiger partial charge on any atom is -0.477 e. The average Bonchev–Trinajstić information content (AvgIpc) is 2.05. The summed E-state index contributed by atoms with van der Waals surface area (Å²) in [5.41, 5.74) is -0.255. The van der Waals surface area contributed by atoms with Gasteiger partial charge in [0, 0.05) is 0 Å². The molecule has 5 heteroatoms. The van der Waals surface area contributed by atoms with Crippen LogP contribution in [0, 0.1) is 5.92 Å². The highest BCUT2D eigenvalue weighted by Crippen LogP contribution is 2.02. The molecule has 0 heterocycles. The number of hydrogen-bond acceptors (Lipinski definition) is 4. The highest BCUT2D eigenvalue weighted by molar-refractivity contribution is 6.38. The second-order valence-corrected chi connectivity index (χ2v) is 2.12. The van der Waals surface area contributed by atoms with Crippen LogP contribution >= 0.6 is 0 Å². The highest BCUT2D eigenvalue weighted by atomic mass is 16.6. The molecule has 0 bridgehead atoms. The summed E-state index contributed by atoms with van der Waals surface area (Å²) in [6.45, 7) is 1.70. The molecule has 0 aromatic heterocycles. The van der Waals surface area contributed by atoms with E-state index in [9.17, 15) is 9.59 Å². The third-order valence-corrected chi connectivity index (χ3v) is 1.36. The third kappa shape index (κ3) is 2.69. The van der Waals surface area contributed by atoms with E-state index in [-0.39, 0.29) is 5.71 Å². The molecule has 0 amide bonds. The normalized spacial score (nSPS) is 13.7. The Kier molecular flexibility index (Phi) is 4.67. The summed E-state index contributed by atoms with van der Waals surface area (Å²) in [6, 6.07) is 0. The van der Waals surface area contributed by atoms with Gasteiger partial charge in [-0.05, 0) is 6.42 Å². The summed E-state index contributed by atoms with van der Waals surface area (Å²) in [4.78, 5) is 25.1. The molecule has 0 aromatic rings. The van der Waals surface area contributed by atoms with Gasteiger partial charge in [-0.3, -0.25) is 0 Å². The monoisotopic (exact) mass is 173 g/mol. The van der Waals surface area contributed by atoms with Crippen molar-refractivity contribution in [3.05, 3.63) is 0 Å². The van der Waals surface area contributed by atoms with E-state index in [0.29, 0.717) is 12.7 Å². The molecule has 5 nitrogen and oxygen atoms in total. The van der Waals surface area contributed by atoms with E-state index in [1.807, 2.05) is 0 Å². The van der Waals surface area contributed by atoms with Crippen LogP contribution in [0.15, 0.2) is 5.16 Å². The largest absolute Gasteiger partial charge is 0.477 e. The molecule has 0 aliphatic rings. The minimum absolute atomic E-state index is 0.255. The zero-order valence-electron chi connectivity index (χ0n) is 6.98. The van der Waals surface area contributed by atoms with Crippen LogP contribution in [0.3, 0.4) is 0 Å². The Labute approximate surface area is 70.0 Å². The van der Waals surface area contributed by atoms with Crippen molar-refractivity contribution in [1.82, 2.24) is 0 Å². The lowest BCUT2D eigenvalue weighted by atomic mass is 10.0. The number of carboxylic acid groups (broad SMARTS) is 1. The van der Waals surface area contributed by atoms with Crippen LogP contribution in [-0.4, -0.2) is 30.2 Å². The maximum Gasteiger partial charge on any atom is 0.354 e. The van der Waals surface area contributed by atoms with Crippen LogP contribution in [0.1, 0.15) is 13.3 Å². The summed E-state index contributed by atoms with van der Waals surface area (Å²) >= 11 is 0. The van der Waals surface area contributed by atoms with Gasteiger partial charge in [-0.15, -0.1) is 0 Å². The first-order valence-electron chi connectivity index (χ1n) is 3.47. The van der Waals surface area contributed by atoms with Gasteiger partial charge in [0.15, 0.2) is 5.71 Å². The predicted octanol–water partition coefficient (Wildman–Crippen LogP) is 0.299. The molecular weight excluding hydrogens is 162 g/mol. The number of carbonyl (C=O) groups excluding carboxylic acids is 1. The maximum absolute atomic E-state index is 10.5. The Morgan fingerprint density at radius 2 is 2.33 bits per heavy atom. The fourth-order valence-corrected chi connectivity index (χ4v) is 0.718. The second-order valence-electron chi connectivity index (χ2n) is 2.12. The smallest absolute Gasteiger partial charge is 0.354 e. The fourth-order valence-electron chi connectivity index (χ4n) is 0.718. The highest BCUT2D eigenvalue weighted by Gasteiger charge is 2.20. The van der Waals surface area contributed by atoms with E-state index in [1.54, 1.807) is 6.92 Å². The molecule has 0 saturated heterocycles. The van der Waals surface area contributed by atoms with Gasteiger partial charge in [0.05, 0.1) is 5.92 Å². The van der Waals surface area contributed by atoms with Crippen molar-refractivity contribution in [2.75, 3.05) is 7.11 Å². The quantitative estimate of drug-likeness (QED) is 0.368.